The first kappa shape index (κ1) is 36.4. The molecule has 1 spiro atoms. The third-order valence-corrected chi connectivity index (χ3v) is 13.9. The summed E-state index contributed by atoms with van der Waals surface area (Å²) in [6, 6.07) is 74.3. The van der Waals surface area contributed by atoms with Crippen molar-refractivity contribution in [1.82, 2.24) is 0 Å². The monoisotopic (exact) mass is 771 g/mol. The molecular formula is C59H49N. The van der Waals surface area contributed by atoms with Crippen LogP contribution in [0.5, 0.6) is 0 Å². The van der Waals surface area contributed by atoms with Gasteiger partial charge in [0.2, 0.25) is 0 Å². The second-order valence-electron chi connectivity index (χ2n) is 17.5. The zero-order valence-electron chi connectivity index (χ0n) is 34.4. The molecule has 0 radical (unpaired) electrons. The number of rotatable bonds is 7. The minimum atomic E-state index is -0.227. The lowest BCUT2D eigenvalue weighted by Gasteiger charge is -2.49. The molecule has 0 aromatic heterocycles. The molecule has 60 heavy (non-hydrogen) atoms. The van der Waals surface area contributed by atoms with Gasteiger partial charge in [-0.2, -0.15) is 0 Å². The lowest BCUT2D eigenvalue weighted by molar-refractivity contribution is 0.168. The highest BCUT2D eigenvalue weighted by molar-refractivity contribution is 5.99. The van der Waals surface area contributed by atoms with Gasteiger partial charge in [-0.05, 0) is 148 Å². The maximum absolute atomic E-state index is 2.73. The van der Waals surface area contributed by atoms with Crippen LogP contribution in [0.2, 0.25) is 0 Å². The molecule has 0 amide bonds. The Morgan fingerprint density at radius 1 is 0.433 bits per heavy atom. The number of benzene rings is 8. The third-order valence-electron chi connectivity index (χ3n) is 13.9. The molecule has 1 saturated carbocycles. The van der Waals surface area contributed by atoms with E-state index in [1.807, 2.05) is 0 Å². The summed E-state index contributed by atoms with van der Waals surface area (Å²) >= 11 is 0. The molecular weight excluding hydrogens is 723 g/mol. The van der Waals surface area contributed by atoms with E-state index in [-0.39, 0.29) is 5.41 Å². The largest absolute Gasteiger partial charge is 0.310 e. The zero-order valence-corrected chi connectivity index (χ0v) is 34.4. The van der Waals surface area contributed by atoms with E-state index in [2.05, 4.69) is 225 Å². The Morgan fingerprint density at radius 2 is 0.900 bits per heavy atom. The molecule has 3 aliphatic rings. The van der Waals surface area contributed by atoms with E-state index in [1.54, 1.807) is 5.57 Å². The van der Waals surface area contributed by atoms with Crippen LogP contribution in [0.3, 0.4) is 0 Å². The maximum Gasteiger partial charge on any atom is 0.0549 e. The Morgan fingerprint density at radius 3 is 1.43 bits per heavy atom. The predicted molar refractivity (Wildman–Crippen MR) is 253 cm³/mol. The first-order valence-electron chi connectivity index (χ1n) is 21.8. The van der Waals surface area contributed by atoms with Gasteiger partial charge in [0.15, 0.2) is 0 Å². The number of nitrogens with zero attached hydrogens (tertiary/aromatic N) is 1. The third kappa shape index (κ3) is 6.15. The molecule has 1 heteroatoms. The SMILES string of the molecule is CC1=CC2(c3ccc(-c4ccccc4)cc3-c3c(N(c4ccc(-c5ccccc5)cc4)c4ccc(-c5ccccc5)cc4)cc(-c4ccccc4)cc32)C2CC(C)CC1C2. The summed E-state index contributed by atoms with van der Waals surface area (Å²) in [7, 11) is 0. The van der Waals surface area contributed by atoms with E-state index in [0.29, 0.717) is 17.8 Å². The van der Waals surface area contributed by atoms with Crippen molar-refractivity contribution in [2.75, 3.05) is 4.90 Å². The van der Waals surface area contributed by atoms with Crippen molar-refractivity contribution in [2.45, 2.75) is 38.5 Å². The van der Waals surface area contributed by atoms with Crippen LogP contribution in [-0.4, -0.2) is 0 Å². The highest BCUT2D eigenvalue weighted by Crippen LogP contribution is 2.64. The molecule has 0 N–H and O–H groups in total. The fourth-order valence-corrected chi connectivity index (χ4v) is 11.1. The minimum Gasteiger partial charge on any atom is -0.310 e. The Bertz CT molecular complexity index is 2760. The van der Waals surface area contributed by atoms with E-state index in [1.165, 1.54) is 91.7 Å². The quantitative estimate of drug-likeness (QED) is 0.146. The Kier molecular flexibility index (Phi) is 9.00. The fourth-order valence-electron chi connectivity index (χ4n) is 11.1. The van der Waals surface area contributed by atoms with Crippen molar-refractivity contribution in [3.63, 3.8) is 0 Å². The van der Waals surface area contributed by atoms with Crippen molar-refractivity contribution >= 4 is 17.1 Å². The minimum absolute atomic E-state index is 0.227. The first-order valence-corrected chi connectivity index (χ1v) is 21.8. The van der Waals surface area contributed by atoms with Crippen LogP contribution in [-0.2, 0) is 5.41 Å². The van der Waals surface area contributed by atoms with Gasteiger partial charge in [-0.15, -0.1) is 0 Å². The number of anilines is 3. The van der Waals surface area contributed by atoms with Crippen LogP contribution in [0.4, 0.5) is 17.1 Å². The van der Waals surface area contributed by atoms with Gasteiger partial charge in [-0.25, -0.2) is 0 Å². The van der Waals surface area contributed by atoms with E-state index in [9.17, 15) is 0 Å². The molecule has 8 aromatic carbocycles. The fraction of sp³-hybridized carbons (Fsp3) is 0.153. The first-order chi connectivity index (χ1) is 29.5. The standard InChI is InChI=1S/C59H49N/c1-40-33-49-35-51(34-40)59(39-41(49)2)55-32-27-48(44-19-11-5-12-20-44)36-54(55)58-56(59)37-50(45-21-13-6-14-22-45)38-57(58)60(52-28-23-46(24-29-52)42-15-7-3-8-16-42)53-30-25-47(26-31-53)43-17-9-4-10-18-43/h3-32,36-40,49,51H,33-35H2,1-2H3. The number of hydrogen-bond donors (Lipinski definition) is 0. The Labute approximate surface area is 355 Å². The van der Waals surface area contributed by atoms with Crippen LogP contribution in [0.1, 0.15) is 44.2 Å². The summed E-state index contributed by atoms with van der Waals surface area (Å²) in [5.74, 6) is 1.85. The van der Waals surface area contributed by atoms with Crippen LogP contribution in [0.25, 0.3) is 55.6 Å². The molecule has 1 fully saturated rings. The Hall–Kier alpha value is -6.70. The highest BCUT2D eigenvalue weighted by atomic mass is 15.1. The molecule has 290 valence electrons. The van der Waals surface area contributed by atoms with Gasteiger partial charge in [0.25, 0.3) is 0 Å². The molecule has 1 nitrogen and oxygen atoms in total. The molecule has 0 saturated heterocycles. The molecule has 0 aliphatic heterocycles. The van der Waals surface area contributed by atoms with Gasteiger partial charge in [-0.3, -0.25) is 0 Å². The van der Waals surface area contributed by atoms with E-state index < -0.39 is 0 Å². The van der Waals surface area contributed by atoms with Crippen molar-refractivity contribution in [2.24, 2.45) is 17.8 Å². The summed E-state index contributed by atoms with van der Waals surface area (Å²) in [5.41, 5.74) is 20.3. The predicted octanol–water partition coefficient (Wildman–Crippen LogP) is 16.1. The second kappa shape index (κ2) is 14.8. The topological polar surface area (TPSA) is 3.24 Å². The van der Waals surface area contributed by atoms with Crippen LogP contribution < -0.4 is 4.90 Å². The van der Waals surface area contributed by atoms with E-state index in [0.717, 1.165) is 11.4 Å². The van der Waals surface area contributed by atoms with Gasteiger partial charge in [0, 0.05) is 22.4 Å². The molecule has 3 aliphatic carbocycles. The summed E-state index contributed by atoms with van der Waals surface area (Å²) in [4.78, 5) is 2.54. The summed E-state index contributed by atoms with van der Waals surface area (Å²) in [5, 5.41) is 0. The number of allylic oxidation sites excluding steroid dienone is 2. The smallest absolute Gasteiger partial charge is 0.0549 e. The van der Waals surface area contributed by atoms with Crippen LogP contribution in [0.15, 0.2) is 212 Å². The molecule has 11 rings (SSSR count). The van der Waals surface area contributed by atoms with Gasteiger partial charge in [0.1, 0.15) is 0 Å². The van der Waals surface area contributed by atoms with Crippen molar-refractivity contribution in [3.8, 4) is 55.6 Å². The normalized spacial score (nSPS) is 20.0. The van der Waals surface area contributed by atoms with Gasteiger partial charge in [0.05, 0.1) is 5.69 Å². The van der Waals surface area contributed by atoms with E-state index in [4.69, 9.17) is 0 Å². The number of fused-ring (bicyclic) bond motifs is 8. The molecule has 8 aromatic rings. The lowest BCUT2D eigenvalue weighted by Crippen LogP contribution is -2.42. The van der Waals surface area contributed by atoms with E-state index >= 15 is 0 Å². The van der Waals surface area contributed by atoms with Crippen molar-refractivity contribution < 1.29 is 0 Å². The van der Waals surface area contributed by atoms with Crippen molar-refractivity contribution in [3.05, 3.63) is 223 Å². The average molecular weight is 772 g/mol. The van der Waals surface area contributed by atoms with Gasteiger partial charge in [-0.1, -0.05) is 176 Å². The maximum atomic E-state index is 2.73. The molecule has 4 atom stereocenters. The molecule has 0 heterocycles. The summed E-state index contributed by atoms with van der Waals surface area (Å²) in [6.07, 6.45) is 6.50. The lowest BCUT2D eigenvalue weighted by atomic mass is 9.55. The van der Waals surface area contributed by atoms with Gasteiger partial charge < -0.3 is 4.90 Å². The molecule has 2 bridgehead atoms. The average Bonchev–Trinajstić information content (AvgIpc) is 3.59. The van der Waals surface area contributed by atoms with Crippen LogP contribution >= 0.6 is 0 Å². The van der Waals surface area contributed by atoms with Crippen molar-refractivity contribution in [1.29, 1.82) is 0 Å². The number of hydrogen-bond acceptors (Lipinski definition) is 1. The summed E-state index contributed by atoms with van der Waals surface area (Å²) < 4.78 is 0. The zero-order chi connectivity index (χ0) is 40.2. The summed E-state index contributed by atoms with van der Waals surface area (Å²) in [6.45, 7) is 4.92. The highest BCUT2D eigenvalue weighted by Gasteiger charge is 2.53. The molecule has 4 unspecified atom stereocenters. The van der Waals surface area contributed by atoms with Gasteiger partial charge >= 0.3 is 0 Å². The Balaban J connectivity index is 1.21. The second-order valence-corrected chi connectivity index (χ2v) is 17.5. The van der Waals surface area contributed by atoms with Crippen LogP contribution in [0, 0.1) is 17.8 Å².